The summed E-state index contributed by atoms with van der Waals surface area (Å²) in [5.41, 5.74) is 2.35. The number of carbonyl (C=O) groups is 1. The SMILES string of the molecule is Cc1cc(C(=O)N(C)Cc2cccc(Br)c2)cc(Cl)n1. The lowest BCUT2D eigenvalue weighted by Crippen LogP contribution is -2.26. The molecule has 2 rings (SSSR count). The van der Waals surface area contributed by atoms with Crippen LogP contribution in [0.5, 0.6) is 0 Å². The van der Waals surface area contributed by atoms with E-state index in [4.69, 9.17) is 11.6 Å². The van der Waals surface area contributed by atoms with Gasteiger partial charge in [0, 0.05) is 29.3 Å². The first-order valence-corrected chi connectivity index (χ1v) is 7.27. The zero-order valence-corrected chi connectivity index (χ0v) is 13.6. The molecule has 5 heteroatoms. The van der Waals surface area contributed by atoms with Gasteiger partial charge >= 0.3 is 0 Å². The number of benzene rings is 1. The average molecular weight is 354 g/mol. The van der Waals surface area contributed by atoms with Crippen molar-refractivity contribution < 1.29 is 4.79 Å². The van der Waals surface area contributed by atoms with E-state index < -0.39 is 0 Å². The van der Waals surface area contributed by atoms with Crippen LogP contribution in [0.4, 0.5) is 0 Å². The number of aromatic nitrogens is 1. The summed E-state index contributed by atoms with van der Waals surface area (Å²) in [6.45, 7) is 2.36. The molecule has 0 radical (unpaired) electrons. The number of halogens is 2. The smallest absolute Gasteiger partial charge is 0.254 e. The van der Waals surface area contributed by atoms with Crippen molar-refractivity contribution in [2.45, 2.75) is 13.5 Å². The van der Waals surface area contributed by atoms with Gasteiger partial charge in [0.25, 0.3) is 5.91 Å². The number of rotatable bonds is 3. The van der Waals surface area contributed by atoms with E-state index in [1.807, 2.05) is 31.2 Å². The van der Waals surface area contributed by atoms with Gasteiger partial charge in [0.2, 0.25) is 0 Å². The Balaban J connectivity index is 2.16. The number of carbonyl (C=O) groups excluding carboxylic acids is 1. The highest BCUT2D eigenvalue weighted by Gasteiger charge is 2.13. The minimum atomic E-state index is -0.0719. The van der Waals surface area contributed by atoms with Crippen molar-refractivity contribution >= 4 is 33.4 Å². The van der Waals surface area contributed by atoms with Crippen molar-refractivity contribution in [1.82, 2.24) is 9.88 Å². The van der Waals surface area contributed by atoms with E-state index in [0.29, 0.717) is 17.3 Å². The van der Waals surface area contributed by atoms with Gasteiger partial charge in [-0.05, 0) is 36.8 Å². The Hall–Kier alpha value is -1.39. The third-order valence-corrected chi connectivity index (χ3v) is 3.51. The first-order valence-electron chi connectivity index (χ1n) is 6.10. The number of amides is 1. The van der Waals surface area contributed by atoms with E-state index in [1.54, 1.807) is 24.1 Å². The summed E-state index contributed by atoms with van der Waals surface area (Å²) in [6.07, 6.45) is 0. The van der Waals surface area contributed by atoms with Crippen LogP contribution in [-0.2, 0) is 6.54 Å². The minimum absolute atomic E-state index is 0.0719. The highest BCUT2D eigenvalue weighted by molar-refractivity contribution is 9.10. The highest BCUT2D eigenvalue weighted by Crippen LogP contribution is 2.16. The number of aryl methyl sites for hydroxylation is 1. The minimum Gasteiger partial charge on any atom is -0.337 e. The molecule has 1 aromatic heterocycles. The van der Waals surface area contributed by atoms with Crippen LogP contribution >= 0.6 is 27.5 Å². The molecule has 0 spiro atoms. The van der Waals surface area contributed by atoms with Gasteiger partial charge in [0.1, 0.15) is 5.15 Å². The Kier molecular flexibility index (Phi) is 4.78. The van der Waals surface area contributed by atoms with E-state index in [9.17, 15) is 4.79 Å². The lowest BCUT2D eigenvalue weighted by molar-refractivity contribution is 0.0785. The Morgan fingerprint density at radius 3 is 2.75 bits per heavy atom. The molecule has 0 saturated heterocycles. The summed E-state index contributed by atoms with van der Waals surface area (Å²) in [4.78, 5) is 18.1. The summed E-state index contributed by atoms with van der Waals surface area (Å²) in [6, 6.07) is 11.2. The molecular formula is C15H14BrClN2O. The molecule has 1 amide bonds. The van der Waals surface area contributed by atoms with Gasteiger partial charge < -0.3 is 4.90 Å². The summed E-state index contributed by atoms with van der Waals surface area (Å²) in [5.74, 6) is -0.0719. The van der Waals surface area contributed by atoms with Gasteiger partial charge in [-0.2, -0.15) is 0 Å². The van der Waals surface area contributed by atoms with Crippen LogP contribution in [-0.4, -0.2) is 22.8 Å². The monoisotopic (exact) mass is 352 g/mol. The topological polar surface area (TPSA) is 33.2 Å². The van der Waals surface area contributed by atoms with Crippen molar-refractivity contribution in [3.8, 4) is 0 Å². The summed E-state index contributed by atoms with van der Waals surface area (Å²) in [5, 5.41) is 0.337. The molecule has 3 nitrogen and oxygen atoms in total. The second kappa shape index (κ2) is 6.37. The third-order valence-electron chi connectivity index (χ3n) is 2.82. The van der Waals surface area contributed by atoms with E-state index in [2.05, 4.69) is 20.9 Å². The maximum Gasteiger partial charge on any atom is 0.254 e. The molecule has 0 fully saturated rings. The molecule has 2 aromatic rings. The predicted molar refractivity (Wildman–Crippen MR) is 83.9 cm³/mol. The molecule has 0 saturated carbocycles. The average Bonchev–Trinajstić information content (AvgIpc) is 2.36. The van der Waals surface area contributed by atoms with Crippen LogP contribution in [0.1, 0.15) is 21.6 Å². The van der Waals surface area contributed by atoms with Crippen molar-refractivity contribution in [2.24, 2.45) is 0 Å². The summed E-state index contributed by atoms with van der Waals surface area (Å²) in [7, 11) is 1.77. The van der Waals surface area contributed by atoms with E-state index >= 15 is 0 Å². The second-order valence-electron chi connectivity index (χ2n) is 4.61. The maximum absolute atomic E-state index is 12.4. The fraction of sp³-hybridized carbons (Fsp3) is 0.200. The third kappa shape index (κ3) is 3.81. The lowest BCUT2D eigenvalue weighted by Gasteiger charge is -2.18. The van der Waals surface area contributed by atoms with Gasteiger partial charge in [0.15, 0.2) is 0 Å². The predicted octanol–water partition coefficient (Wildman–Crippen LogP) is 4.08. The Labute approximate surface area is 131 Å². The van der Waals surface area contributed by atoms with Crippen molar-refractivity contribution in [3.63, 3.8) is 0 Å². The first-order chi connectivity index (χ1) is 9.45. The van der Waals surface area contributed by atoms with Gasteiger partial charge in [-0.25, -0.2) is 4.98 Å². The molecule has 0 N–H and O–H groups in total. The lowest BCUT2D eigenvalue weighted by atomic mass is 10.2. The van der Waals surface area contributed by atoms with Crippen LogP contribution in [0.2, 0.25) is 5.15 Å². The number of hydrogen-bond donors (Lipinski definition) is 0. The molecule has 0 aliphatic carbocycles. The van der Waals surface area contributed by atoms with E-state index in [1.165, 1.54) is 0 Å². The maximum atomic E-state index is 12.4. The highest BCUT2D eigenvalue weighted by atomic mass is 79.9. The quantitative estimate of drug-likeness (QED) is 0.779. The van der Waals surface area contributed by atoms with Crippen LogP contribution in [0.15, 0.2) is 40.9 Å². The molecule has 0 atom stereocenters. The standard InChI is InChI=1S/C15H14BrClN2O/c1-10-6-12(8-14(17)18-10)15(20)19(2)9-11-4-3-5-13(16)7-11/h3-8H,9H2,1-2H3. The molecule has 1 heterocycles. The number of hydrogen-bond acceptors (Lipinski definition) is 2. The van der Waals surface area contributed by atoms with Crippen LogP contribution in [0.3, 0.4) is 0 Å². The normalized spacial score (nSPS) is 10.4. The molecule has 20 heavy (non-hydrogen) atoms. The molecular weight excluding hydrogens is 340 g/mol. The van der Waals surface area contributed by atoms with E-state index in [0.717, 1.165) is 15.7 Å². The fourth-order valence-electron chi connectivity index (χ4n) is 1.95. The molecule has 104 valence electrons. The largest absolute Gasteiger partial charge is 0.337 e. The number of nitrogens with zero attached hydrogens (tertiary/aromatic N) is 2. The molecule has 0 bridgehead atoms. The van der Waals surface area contributed by atoms with Gasteiger partial charge in [-0.1, -0.05) is 39.7 Å². The van der Waals surface area contributed by atoms with Crippen molar-refractivity contribution in [2.75, 3.05) is 7.05 Å². The molecule has 0 unspecified atom stereocenters. The molecule has 0 aliphatic rings. The fourth-order valence-corrected chi connectivity index (χ4v) is 2.65. The zero-order chi connectivity index (χ0) is 14.7. The molecule has 1 aromatic carbocycles. The Bertz CT molecular complexity index is 625. The Morgan fingerprint density at radius 1 is 1.35 bits per heavy atom. The van der Waals surface area contributed by atoms with Crippen LogP contribution < -0.4 is 0 Å². The second-order valence-corrected chi connectivity index (χ2v) is 5.91. The molecule has 0 aliphatic heterocycles. The number of pyridine rings is 1. The van der Waals surface area contributed by atoms with Crippen molar-refractivity contribution in [3.05, 3.63) is 62.8 Å². The zero-order valence-electron chi connectivity index (χ0n) is 11.2. The summed E-state index contributed by atoms with van der Waals surface area (Å²) < 4.78 is 0.999. The van der Waals surface area contributed by atoms with Crippen LogP contribution in [0.25, 0.3) is 0 Å². The first kappa shape index (κ1) is 15.0. The van der Waals surface area contributed by atoms with Crippen LogP contribution in [0, 0.1) is 6.92 Å². The van der Waals surface area contributed by atoms with Crippen molar-refractivity contribution in [1.29, 1.82) is 0 Å². The van der Waals surface area contributed by atoms with E-state index in [-0.39, 0.29) is 5.91 Å². The summed E-state index contributed by atoms with van der Waals surface area (Å²) >= 11 is 9.32. The van der Waals surface area contributed by atoms with Gasteiger partial charge in [-0.15, -0.1) is 0 Å². The van der Waals surface area contributed by atoms with Gasteiger partial charge in [0.05, 0.1) is 0 Å². The van der Waals surface area contributed by atoms with Gasteiger partial charge in [-0.3, -0.25) is 4.79 Å². The Morgan fingerprint density at radius 2 is 2.10 bits per heavy atom.